The Morgan fingerprint density at radius 2 is 1.59 bits per heavy atom. The number of hydrogen-bond donors (Lipinski definition) is 2. The summed E-state index contributed by atoms with van der Waals surface area (Å²) in [4.78, 5) is 25.6. The molecule has 0 aromatic carbocycles. The van der Waals surface area contributed by atoms with E-state index in [-0.39, 0.29) is 0 Å². The van der Waals surface area contributed by atoms with Crippen LogP contribution in [0.15, 0.2) is 12.1 Å². The Labute approximate surface area is 184 Å². The molecule has 2 saturated heterocycles. The molecule has 1 aromatic heterocycles. The maximum atomic E-state index is 10.6. The standard InChI is InChI=1S/C14H22N2OS.2C2HF3O2/c1-11-3-4-13(18-11)9-16-8-12-7-15(2)5-6-17-14(12)10-16;2*3-2(4,5)1(6)7/h3-4,12,14H,5-10H2,1-2H3;2*(H,6,7)/t12-,14+;;/m0../s1. The van der Waals surface area contributed by atoms with Crippen molar-refractivity contribution in [2.75, 3.05) is 39.8 Å². The summed E-state index contributed by atoms with van der Waals surface area (Å²) >= 11 is 1.92. The number of likely N-dealkylation sites (N-methyl/N-ethyl adjacent to an activating group) is 1. The number of aryl methyl sites for hydroxylation is 1. The normalized spacial score (nSPS) is 22.0. The summed E-state index contributed by atoms with van der Waals surface area (Å²) in [6.07, 6.45) is -9.71. The second-order valence-electron chi connectivity index (χ2n) is 7.24. The molecule has 2 aliphatic rings. The highest BCUT2D eigenvalue weighted by Crippen LogP contribution is 2.26. The maximum Gasteiger partial charge on any atom is 0.490 e. The van der Waals surface area contributed by atoms with E-state index in [0.717, 1.165) is 26.2 Å². The van der Waals surface area contributed by atoms with Crippen molar-refractivity contribution in [2.45, 2.75) is 31.9 Å². The van der Waals surface area contributed by atoms with Gasteiger partial charge < -0.3 is 19.8 Å². The largest absolute Gasteiger partial charge is 0.490 e. The number of halogens is 6. The molecule has 32 heavy (non-hydrogen) atoms. The Balaban J connectivity index is 0.000000305. The highest BCUT2D eigenvalue weighted by Gasteiger charge is 2.39. The lowest BCUT2D eigenvalue weighted by molar-refractivity contribution is -0.193. The van der Waals surface area contributed by atoms with Crippen LogP contribution in [-0.2, 0) is 20.9 Å². The van der Waals surface area contributed by atoms with Crippen LogP contribution in [0.1, 0.15) is 9.75 Å². The molecule has 0 unspecified atom stereocenters. The molecule has 14 heteroatoms. The van der Waals surface area contributed by atoms with Gasteiger partial charge in [0.15, 0.2) is 0 Å². The third-order valence-electron chi connectivity index (χ3n) is 4.47. The third kappa shape index (κ3) is 10.1. The third-order valence-corrected chi connectivity index (χ3v) is 5.45. The summed E-state index contributed by atoms with van der Waals surface area (Å²) < 4.78 is 69.5. The van der Waals surface area contributed by atoms with Gasteiger partial charge in [0.25, 0.3) is 0 Å². The van der Waals surface area contributed by atoms with E-state index in [4.69, 9.17) is 24.5 Å². The number of rotatable bonds is 2. The Kier molecular flexibility index (Phi) is 10.4. The predicted octanol–water partition coefficient (Wildman–Crippen LogP) is 3.09. The molecule has 0 spiro atoms. The van der Waals surface area contributed by atoms with Crippen LogP contribution in [0.25, 0.3) is 0 Å². The number of thiophene rings is 1. The van der Waals surface area contributed by atoms with Crippen molar-refractivity contribution in [3.63, 3.8) is 0 Å². The Hall–Kier alpha value is -1.90. The van der Waals surface area contributed by atoms with Crippen LogP contribution in [-0.4, -0.2) is 90.2 Å². The van der Waals surface area contributed by atoms with E-state index in [2.05, 4.69) is 35.9 Å². The van der Waals surface area contributed by atoms with Crippen molar-refractivity contribution in [1.82, 2.24) is 9.80 Å². The molecule has 0 saturated carbocycles. The molecule has 3 rings (SSSR count). The minimum Gasteiger partial charge on any atom is -0.475 e. The number of ether oxygens (including phenoxy) is 1. The minimum absolute atomic E-state index is 0.455. The van der Waals surface area contributed by atoms with Gasteiger partial charge in [-0.05, 0) is 26.1 Å². The average molecular weight is 494 g/mol. The SMILES string of the molecule is Cc1ccc(CN2C[C@@H]3CN(C)CCO[C@@H]3C2)s1.O=C(O)C(F)(F)F.O=C(O)C(F)(F)F. The first-order valence-corrected chi connectivity index (χ1v) is 10.1. The number of carbonyl (C=O) groups is 2. The van der Waals surface area contributed by atoms with Gasteiger partial charge in [-0.25, -0.2) is 9.59 Å². The lowest BCUT2D eigenvalue weighted by atomic mass is 10.1. The van der Waals surface area contributed by atoms with Gasteiger partial charge in [-0.2, -0.15) is 26.3 Å². The van der Waals surface area contributed by atoms with Crippen LogP contribution in [0.4, 0.5) is 26.3 Å². The van der Waals surface area contributed by atoms with Gasteiger partial charge in [0.1, 0.15) is 0 Å². The van der Waals surface area contributed by atoms with Gasteiger partial charge in [-0.3, -0.25) is 4.90 Å². The van der Waals surface area contributed by atoms with Crippen molar-refractivity contribution >= 4 is 23.3 Å². The zero-order valence-electron chi connectivity index (χ0n) is 17.2. The van der Waals surface area contributed by atoms with E-state index in [1.165, 1.54) is 22.8 Å². The molecule has 2 aliphatic heterocycles. The van der Waals surface area contributed by atoms with Crippen molar-refractivity contribution in [1.29, 1.82) is 0 Å². The Morgan fingerprint density at radius 1 is 1.06 bits per heavy atom. The molecule has 3 heterocycles. The van der Waals surface area contributed by atoms with Crippen molar-refractivity contribution in [3.05, 3.63) is 21.9 Å². The van der Waals surface area contributed by atoms with Crippen molar-refractivity contribution in [2.24, 2.45) is 5.92 Å². The van der Waals surface area contributed by atoms with Crippen LogP contribution < -0.4 is 0 Å². The predicted molar refractivity (Wildman–Crippen MR) is 102 cm³/mol. The van der Waals surface area contributed by atoms with E-state index >= 15 is 0 Å². The first kappa shape index (κ1) is 28.1. The van der Waals surface area contributed by atoms with Crippen LogP contribution in [0, 0.1) is 12.8 Å². The summed E-state index contributed by atoms with van der Waals surface area (Å²) in [5, 5.41) is 14.2. The summed E-state index contributed by atoms with van der Waals surface area (Å²) in [7, 11) is 2.21. The second kappa shape index (κ2) is 11.8. The van der Waals surface area contributed by atoms with Gasteiger partial charge in [0, 0.05) is 48.4 Å². The smallest absolute Gasteiger partial charge is 0.475 e. The highest BCUT2D eigenvalue weighted by molar-refractivity contribution is 7.11. The summed E-state index contributed by atoms with van der Waals surface area (Å²) in [5.74, 6) is -4.82. The van der Waals surface area contributed by atoms with E-state index in [0.29, 0.717) is 12.0 Å². The van der Waals surface area contributed by atoms with Gasteiger partial charge in [0.05, 0.1) is 12.7 Å². The maximum absolute atomic E-state index is 10.6. The van der Waals surface area contributed by atoms with E-state index in [1.54, 1.807) is 0 Å². The number of carboxylic acids is 2. The first-order chi connectivity index (χ1) is 14.6. The van der Waals surface area contributed by atoms with E-state index in [9.17, 15) is 26.3 Å². The number of hydrogen-bond acceptors (Lipinski definition) is 6. The van der Waals surface area contributed by atoms with Crippen molar-refractivity contribution < 1.29 is 50.9 Å². The van der Waals surface area contributed by atoms with Crippen LogP contribution in [0.3, 0.4) is 0 Å². The highest BCUT2D eigenvalue weighted by atomic mass is 32.1. The lowest BCUT2D eigenvalue weighted by Crippen LogP contribution is -2.29. The number of aliphatic carboxylic acids is 2. The van der Waals surface area contributed by atoms with E-state index < -0.39 is 24.3 Å². The fourth-order valence-electron chi connectivity index (χ4n) is 3.06. The fourth-order valence-corrected chi connectivity index (χ4v) is 4.00. The van der Waals surface area contributed by atoms with Gasteiger partial charge in [-0.15, -0.1) is 11.3 Å². The van der Waals surface area contributed by atoms with E-state index in [1.807, 2.05) is 11.3 Å². The molecule has 0 bridgehead atoms. The molecule has 184 valence electrons. The number of likely N-dealkylation sites (tertiary alicyclic amines) is 1. The molecule has 0 amide bonds. The number of carboxylic acid groups (broad SMARTS) is 2. The summed E-state index contributed by atoms with van der Waals surface area (Å²) in [5.41, 5.74) is 0. The number of fused-ring (bicyclic) bond motifs is 1. The Bertz CT molecular complexity index is 731. The van der Waals surface area contributed by atoms with Crippen LogP contribution in [0.5, 0.6) is 0 Å². The fraction of sp³-hybridized carbons (Fsp3) is 0.667. The molecule has 7 nitrogen and oxygen atoms in total. The zero-order valence-corrected chi connectivity index (χ0v) is 18.1. The molecule has 0 radical (unpaired) electrons. The molecule has 2 atom stereocenters. The van der Waals surface area contributed by atoms with Crippen LogP contribution in [0.2, 0.25) is 0 Å². The van der Waals surface area contributed by atoms with Gasteiger partial charge in [0.2, 0.25) is 0 Å². The van der Waals surface area contributed by atoms with Crippen molar-refractivity contribution in [3.8, 4) is 0 Å². The molecule has 0 aliphatic carbocycles. The molecule has 2 N–H and O–H groups in total. The molecule has 1 aromatic rings. The zero-order chi connectivity index (χ0) is 24.7. The summed E-state index contributed by atoms with van der Waals surface area (Å²) in [6.45, 7) is 8.73. The second-order valence-corrected chi connectivity index (χ2v) is 8.62. The Morgan fingerprint density at radius 3 is 2.03 bits per heavy atom. The number of alkyl halides is 6. The minimum atomic E-state index is -5.08. The van der Waals surface area contributed by atoms with Crippen LogP contribution >= 0.6 is 11.3 Å². The molecular weight excluding hydrogens is 470 g/mol. The number of nitrogens with zero attached hydrogens (tertiary/aromatic N) is 2. The lowest BCUT2D eigenvalue weighted by Gasteiger charge is -2.18. The first-order valence-electron chi connectivity index (χ1n) is 9.27. The van der Waals surface area contributed by atoms with Gasteiger partial charge >= 0.3 is 24.3 Å². The van der Waals surface area contributed by atoms with Gasteiger partial charge in [-0.1, -0.05) is 0 Å². The average Bonchev–Trinajstić information content (AvgIpc) is 3.15. The molecule has 2 fully saturated rings. The monoisotopic (exact) mass is 494 g/mol. The molecular formula is C18H24F6N2O5S. The topological polar surface area (TPSA) is 90.3 Å². The summed E-state index contributed by atoms with van der Waals surface area (Å²) in [6, 6.07) is 4.49. The quantitative estimate of drug-likeness (QED) is 0.611.